The van der Waals surface area contributed by atoms with Crippen molar-refractivity contribution in [2.45, 2.75) is 31.2 Å². The van der Waals surface area contributed by atoms with Gasteiger partial charge < -0.3 is 10.00 Å². The lowest BCUT2D eigenvalue weighted by Crippen LogP contribution is -2.35. The fourth-order valence-corrected chi connectivity index (χ4v) is 4.57. The van der Waals surface area contributed by atoms with E-state index < -0.39 is 21.2 Å². The van der Waals surface area contributed by atoms with E-state index in [1.165, 1.54) is 23.0 Å². The van der Waals surface area contributed by atoms with Gasteiger partial charge in [-0.2, -0.15) is 0 Å². The van der Waals surface area contributed by atoms with E-state index in [9.17, 15) is 22.8 Å². The second kappa shape index (κ2) is 7.56. The molecule has 1 aromatic carbocycles. The minimum Gasteiger partial charge on any atom is -0.368 e. The SMILES string of the molecule is CCn1[nH]cc(C(=O)c2ccc(S(C)(=O)=O)c(N3CCC(=O)CC3)c2Cl)c1=O. The molecule has 0 aliphatic carbocycles. The van der Waals surface area contributed by atoms with Crippen molar-refractivity contribution < 1.29 is 18.0 Å². The zero-order chi connectivity index (χ0) is 20.6. The van der Waals surface area contributed by atoms with Gasteiger partial charge in [0, 0.05) is 50.5 Å². The maximum absolute atomic E-state index is 12.9. The molecule has 0 radical (unpaired) electrons. The number of hydrogen-bond donors (Lipinski definition) is 1. The van der Waals surface area contributed by atoms with Gasteiger partial charge in [0.05, 0.1) is 15.6 Å². The smallest absolute Gasteiger partial charge is 0.277 e. The first-order valence-electron chi connectivity index (χ1n) is 8.77. The van der Waals surface area contributed by atoms with Crippen LogP contribution in [0.4, 0.5) is 5.69 Å². The third-order valence-corrected chi connectivity index (χ3v) is 6.27. The highest BCUT2D eigenvalue weighted by molar-refractivity contribution is 7.90. The monoisotopic (exact) mass is 425 g/mol. The summed E-state index contributed by atoms with van der Waals surface area (Å²) in [7, 11) is -3.63. The number of nitrogens with zero attached hydrogens (tertiary/aromatic N) is 2. The van der Waals surface area contributed by atoms with E-state index in [-0.39, 0.29) is 45.4 Å². The molecule has 1 N–H and O–H groups in total. The lowest BCUT2D eigenvalue weighted by atomic mass is 10.0. The standard InChI is InChI=1S/C18H20ClN3O5S/c1-3-22-18(25)13(10-20-22)17(24)12-4-5-14(28(2,26)27)16(15(12)19)21-8-6-11(23)7-9-21/h4-5,10,20H,3,6-9H2,1-2H3. The summed E-state index contributed by atoms with van der Waals surface area (Å²) in [5.74, 6) is -0.499. The van der Waals surface area contributed by atoms with Crippen LogP contribution in [0.5, 0.6) is 0 Å². The zero-order valence-corrected chi connectivity index (χ0v) is 17.1. The molecular weight excluding hydrogens is 406 g/mol. The molecule has 0 spiro atoms. The van der Waals surface area contributed by atoms with Crippen LogP contribution in [0.3, 0.4) is 0 Å². The number of anilines is 1. The van der Waals surface area contributed by atoms with E-state index in [2.05, 4.69) is 5.10 Å². The number of carbonyl (C=O) groups is 2. The van der Waals surface area contributed by atoms with Crippen molar-refractivity contribution >= 4 is 38.7 Å². The Morgan fingerprint density at radius 1 is 1.18 bits per heavy atom. The number of halogens is 1. The molecule has 1 saturated heterocycles. The number of ketones is 2. The van der Waals surface area contributed by atoms with Gasteiger partial charge in [0.2, 0.25) is 5.78 Å². The quantitative estimate of drug-likeness (QED) is 0.729. The molecule has 150 valence electrons. The predicted octanol–water partition coefficient (Wildman–Crippen LogP) is 1.65. The van der Waals surface area contributed by atoms with E-state index in [0.717, 1.165) is 6.26 Å². The number of sulfone groups is 1. The van der Waals surface area contributed by atoms with Crippen LogP contribution >= 0.6 is 11.6 Å². The Balaban J connectivity index is 2.15. The lowest BCUT2D eigenvalue weighted by molar-refractivity contribution is -0.119. The van der Waals surface area contributed by atoms with Gasteiger partial charge in [0.15, 0.2) is 9.84 Å². The van der Waals surface area contributed by atoms with Gasteiger partial charge in [-0.05, 0) is 19.1 Å². The summed E-state index contributed by atoms with van der Waals surface area (Å²) in [5, 5.41) is 2.67. The second-order valence-corrected chi connectivity index (χ2v) is 9.00. The van der Waals surface area contributed by atoms with Gasteiger partial charge in [-0.1, -0.05) is 11.6 Å². The van der Waals surface area contributed by atoms with Crippen LogP contribution in [0.15, 0.2) is 28.0 Å². The maximum atomic E-state index is 12.9. The first kappa shape index (κ1) is 20.3. The Morgan fingerprint density at radius 3 is 2.36 bits per heavy atom. The van der Waals surface area contributed by atoms with Crippen LogP contribution in [0, 0.1) is 0 Å². The summed E-state index contributed by atoms with van der Waals surface area (Å²) >= 11 is 6.50. The molecule has 0 bridgehead atoms. The molecule has 10 heteroatoms. The van der Waals surface area contributed by atoms with Gasteiger partial charge >= 0.3 is 0 Å². The first-order chi connectivity index (χ1) is 13.1. The molecule has 0 atom stereocenters. The molecule has 2 heterocycles. The van der Waals surface area contributed by atoms with Gasteiger partial charge in [-0.25, -0.2) is 8.42 Å². The molecule has 1 aliphatic heterocycles. The highest BCUT2D eigenvalue weighted by atomic mass is 35.5. The van der Waals surface area contributed by atoms with Gasteiger partial charge in [0.1, 0.15) is 11.3 Å². The van der Waals surface area contributed by atoms with Crippen molar-refractivity contribution in [3.8, 4) is 0 Å². The minimum absolute atomic E-state index is 0.0107. The summed E-state index contributed by atoms with van der Waals surface area (Å²) in [6.07, 6.45) is 2.92. The molecule has 8 nitrogen and oxygen atoms in total. The summed E-state index contributed by atoms with van der Waals surface area (Å²) in [4.78, 5) is 38.5. The van der Waals surface area contributed by atoms with Crippen LogP contribution in [0.25, 0.3) is 0 Å². The summed E-state index contributed by atoms with van der Waals surface area (Å²) in [6.45, 7) is 2.76. The van der Waals surface area contributed by atoms with Crippen molar-refractivity contribution in [3.63, 3.8) is 0 Å². The summed E-state index contributed by atoms with van der Waals surface area (Å²) in [6, 6.07) is 2.65. The molecule has 28 heavy (non-hydrogen) atoms. The molecule has 2 aromatic rings. The average molecular weight is 426 g/mol. The number of piperidine rings is 1. The van der Waals surface area contributed by atoms with Gasteiger partial charge in [0.25, 0.3) is 5.56 Å². The zero-order valence-electron chi connectivity index (χ0n) is 15.5. The molecule has 0 saturated carbocycles. The topological polar surface area (TPSA) is 109 Å². The van der Waals surface area contributed by atoms with Crippen LogP contribution in [0.1, 0.15) is 35.7 Å². The predicted molar refractivity (Wildman–Crippen MR) is 105 cm³/mol. The van der Waals surface area contributed by atoms with Crippen LogP contribution in [0.2, 0.25) is 5.02 Å². The number of hydrogen-bond acceptors (Lipinski definition) is 6. The number of aryl methyl sites for hydroxylation is 1. The number of Topliss-reactive ketones (excluding diaryl/α,β-unsaturated/α-hetero) is 1. The van der Waals surface area contributed by atoms with E-state index in [1.54, 1.807) is 11.8 Å². The van der Waals surface area contributed by atoms with Gasteiger partial charge in [-0.3, -0.25) is 19.1 Å². The number of aromatic nitrogens is 2. The van der Waals surface area contributed by atoms with E-state index in [0.29, 0.717) is 19.6 Å². The van der Waals surface area contributed by atoms with Gasteiger partial charge in [-0.15, -0.1) is 0 Å². The van der Waals surface area contributed by atoms with Crippen LogP contribution in [-0.4, -0.2) is 49.1 Å². The molecule has 0 unspecified atom stereocenters. The first-order valence-corrected chi connectivity index (χ1v) is 11.0. The third-order valence-electron chi connectivity index (χ3n) is 4.76. The minimum atomic E-state index is -3.63. The summed E-state index contributed by atoms with van der Waals surface area (Å²) < 4.78 is 25.8. The van der Waals surface area contributed by atoms with E-state index >= 15 is 0 Å². The Morgan fingerprint density at radius 2 is 1.82 bits per heavy atom. The Labute approximate surface area is 167 Å². The number of rotatable bonds is 5. The number of aromatic amines is 1. The maximum Gasteiger partial charge on any atom is 0.277 e. The molecule has 1 fully saturated rings. The molecule has 1 aromatic heterocycles. The number of carbonyl (C=O) groups excluding carboxylic acids is 2. The molecular formula is C18H20ClN3O5S. The van der Waals surface area contributed by atoms with Crippen molar-refractivity contribution in [2.24, 2.45) is 0 Å². The lowest BCUT2D eigenvalue weighted by Gasteiger charge is -2.31. The average Bonchev–Trinajstić information content (AvgIpc) is 3.01. The normalized spacial score (nSPS) is 15.1. The van der Waals surface area contributed by atoms with E-state index in [1.807, 2.05) is 0 Å². The van der Waals surface area contributed by atoms with Crippen LogP contribution in [-0.2, 0) is 21.2 Å². The largest absolute Gasteiger partial charge is 0.368 e. The van der Waals surface area contributed by atoms with Crippen molar-refractivity contribution in [1.29, 1.82) is 0 Å². The molecule has 3 rings (SSSR count). The summed E-state index contributed by atoms with van der Waals surface area (Å²) in [5.41, 5.74) is -0.300. The number of H-pyrrole nitrogens is 1. The fraction of sp³-hybridized carbons (Fsp3) is 0.389. The number of nitrogens with one attached hydrogen (secondary N) is 1. The fourth-order valence-electron chi connectivity index (χ4n) is 3.25. The van der Waals surface area contributed by atoms with Crippen LogP contribution < -0.4 is 10.5 Å². The van der Waals surface area contributed by atoms with Crippen molar-refractivity contribution in [3.05, 3.63) is 44.8 Å². The van der Waals surface area contributed by atoms with Crippen molar-refractivity contribution in [2.75, 3.05) is 24.2 Å². The Hall–Kier alpha value is -2.39. The highest BCUT2D eigenvalue weighted by Gasteiger charge is 2.29. The highest BCUT2D eigenvalue weighted by Crippen LogP contribution is 2.37. The molecule has 1 aliphatic rings. The number of benzene rings is 1. The Bertz CT molecular complexity index is 1110. The second-order valence-electron chi connectivity index (χ2n) is 6.64. The Kier molecular flexibility index (Phi) is 5.49. The van der Waals surface area contributed by atoms with E-state index in [4.69, 9.17) is 11.6 Å². The third kappa shape index (κ3) is 3.64. The van der Waals surface area contributed by atoms with Crippen molar-refractivity contribution in [1.82, 2.24) is 9.78 Å². The molecule has 0 amide bonds.